The Bertz CT molecular complexity index is 1080. The fraction of sp³-hybridized carbons (Fsp3) is 0.333. The van der Waals surface area contributed by atoms with Crippen molar-refractivity contribution >= 4 is 27.7 Å². The van der Waals surface area contributed by atoms with Gasteiger partial charge in [0.15, 0.2) is 5.78 Å². The predicted octanol–water partition coefficient (Wildman–Crippen LogP) is 5.15. The summed E-state index contributed by atoms with van der Waals surface area (Å²) in [5, 5.41) is 3.26. The van der Waals surface area contributed by atoms with E-state index in [0.29, 0.717) is 40.5 Å². The first-order chi connectivity index (χ1) is 15.0. The van der Waals surface area contributed by atoms with Crippen LogP contribution >= 0.6 is 15.9 Å². The number of halogens is 1. The molecule has 0 fully saturated rings. The highest BCUT2D eigenvalue weighted by Crippen LogP contribution is 2.43. The van der Waals surface area contributed by atoms with Crippen molar-refractivity contribution in [1.29, 1.82) is 0 Å². The van der Waals surface area contributed by atoms with Gasteiger partial charge in [0.2, 0.25) is 0 Å². The van der Waals surface area contributed by atoms with Crippen LogP contribution in [0.15, 0.2) is 67.8 Å². The quantitative estimate of drug-likeness (QED) is 0.569. The Morgan fingerprint density at radius 2 is 2.03 bits per heavy atom. The molecule has 1 aliphatic carbocycles. The van der Waals surface area contributed by atoms with Crippen molar-refractivity contribution in [2.75, 3.05) is 6.61 Å². The number of hydrogen-bond donors (Lipinski definition) is 1. The van der Waals surface area contributed by atoms with Crippen LogP contribution in [0, 0.1) is 0 Å². The Morgan fingerprint density at radius 3 is 2.81 bits per heavy atom. The van der Waals surface area contributed by atoms with Crippen molar-refractivity contribution in [3.8, 4) is 5.75 Å². The van der Waals surface area contributed by atoms with Gasteiger partial charge in [0.1, 0.15) is 23.9 Å². The summed E-state index contributed by atoms with van der Waals surface area (Å²) in [5.41, 5.74) is 2.59. The number of rotatable bonds is 6. The molecule has 0 saturated carbocycles. The van der Waals surface area contributed by atoms with Crippen LogP contribution in [0.2, 0.25) is 0 Å². The lowest BCUT2D eigenvalue weighted by Crippen LogP contribution is -2.34. The molecule has 2 aromatic rings. The number of carbonyl (C=O) groups is 2. The summed E-state index contributed by atoms with van der Waals surface area (Å²) >= 11 is 3.46. The summed E-state index contributed by atoms with van der Waals surface area (Å²) in [6.07, 6.45) is 2.03. The van der Waals surface area contributed by atoms with Crippen molar-refractivity contribution in [3.63, 3.8) is 0 Å². The minimum Gasteiger partial charge on any atom is -0.484 e. The number of esters is 1. The van der Waals surface area contributed by atoms with E-state index in [-0.39, 0.29) is 19.0 Å². The Kier molecular flexibility index (Phi) is 6.32. The van der Waals surface area contributed by atoms with E-state index in [0.717, 1.165) is 23.0 Å². The normalized spacial score (nSPS) is 18.5. The molecule has 1 aromatic heterocycles. The van der Waals surface area contributed by atoms with E-state index in [2.05, 4.69) is 21.2 Å². The summed E-state index contributed by atoms with van der Waals surface area (Å²) in [7, 11) is 0. The van der Waals surface area contributed by atoms with Crippen LogP contribution in [0.4, 0.5) is 0 Å². The maximum absolute atomic E-state index is 12.9. The number of benzene rings is 1. The van der Waals surface area contributed by atoms with Crippen molar-refractivity contribution in [2.45, 2.75) is 45.6 Å². The summed E-state index contributed by atoms with van der Waals surface area (Å²) in [4.78, 5) is 25.7. The van der Waals surface area contributed by atoms with Crippen LogP contribution in [0.3, 0.4) is 0 Å². The zero-order valence-corrected chi connectivity index (χ0v) is 19.1. The molecule has 2 heterocycles. The highest BCUT2D eigenvalue weighted by atomic mass is 79.9. The van der Waals surface area contributed by atoms with Crippen molar-refractivity contribution in [3.05, 3.63) is 74.9 Å². The van der Waals surface area contributed by atoms with E-state index in [1.807, 2.05) is 43.3 Å². The Labute approximate surface area is 189 Å². The summed E-state index contributed by atoms with van der Waals surface area (Å²) in [5.74, 6) is 0.867. The Hall–Kier alpha value is -2.80. The summed E-state index contributed by atoms with van der Waals surface area (Å²) in [6, 6.07) is 11.2. The van der Waals surface area contributed by atoms with E-state index in [4.69, 9.17) is 13.9 Å². The lowest BCUT2D eigenvalue weighted by atomic mass is 9.77. The van der Waals surface area contributed by atoms with E-state index in [9.17, 15) is 9.59 Å². The number of furan rings is 1. The number of carbonyl (C=O) groups excluding carboxylic acids is 2. The van der Waals surface area contributed by atoms with E-state index < -0.39 is 11.9 Å². The van der Waals surface area contributed by atoms with Gasteiger partial charge in [-0.15, -0.1) is 0 Å². The number of ketones is 1. The number of hydrogen-bond acceptors (Lipinski definition) is 6. The fourth-order valence-corrected chi connectivity index (χ4v) is 4.48. The van der Waals surface area contributed by atoms with Crippen LogP contribution in [0.1, 0.15) is 50.5 Å². The highest BCUT2D eigenvalue weighted by Gasteiger charge is 2.40. The third-order valence-electron chi connectivity index (χ3n) is 5.44. The summed E-state index contributed by atoms with van der Waals surface area (Å²) < 4.78 is 18.1. The zero-order chi connectivity index (χ0) is 22.0. The SMILES string of the molecule is CCOC(=O)C1=C(C)NC2=C(C(=O)CCC2)[C@@H]1c1ccc(COc2ccccc2Br)o1. The lowest BCUT2D eigenvalue weighted by Gasteiger charge is -2.32. The van der Waals surface area contributed by atoms with Crippen LogP contribution < -0.4 is 10.1 Å². The number of allylic oxidation sites excluding steroid dienone is 3. The third kappa shape index (κ3) is 4.32. The highest BCUT2D eigenvalue weighted by molar-refractivity contribution is 9.10. The predicted molar refractivity (Wildman–Crippen MR) is 118 cm³/mol. The van der Waals surface area contributed by atoms with Gasteiger partial charge in [-0.2, -0.15) is 0 Å². The van der Waals surface area contributed by atoms with Crippen LogP contribution in [0.25, 0.3) is 0 Å². The van der Waals surface area contributed by atoms with E-state index >= 15 is 0 Å². The molecule has 1 aliphatic heterocycles. The molecule has 162 valence electrons. The standard InChI is InChI=1S/C24H24BrNO5/c1-3-29-24(28)21-14(2)26-17-8-6-9-18(27)22(17)23(21)20-12-11-15(31-20)13-30-19-10-5-4-7-16(19)25/h4-5,7,10-12,23,26H,3,6,8-9,13H2,1-2H3/t23-/m1/s1. The van der Waals surface area contributed by atoms with Gasteiger partial charge in [-0.05, 0) is 66.9 Å². The number of dihydropyridines is 1. The molecular formula is C24H24BrNO5. The molecule has 1 aromatic carbocycles. The second-order valence-electron chi connectivity index (χ2n) is 7.51. The van der Waals surface area contributed by atoms with Crippen molar-refractivity contribution < 1.29 is 23.5 Å². The van der Waals surface area contributed by atoms with Crippen molar-refractivity contribution in [1.82, 2.24) is 5.32 Å². The van der Waals surface area contributed by atoms with E-state index in [1.165, 1.54) is 0 Å². The molecule has 1 N–H and O–H groups in total. The second kappa shape index (κ2) is 9.14. The molecule has 31 heavy (non-hydrogen) atoms. The van der Waals surface area contributed by atoms with E-state index in [1.54, 1.807) is 6.92 Å². The topological polar surface area (TPSA) is 77.8 Å². The zero-order valence-electron chi connectivity index (χ0n) is 17.5. The molecular weight excluding hydrogens is 462 g/mol. The van der Waals surface area contributed by atoms with Gasteiger partial charge in [0, 0.05) is 23.4 Å². The fourth-order valence-electron chi connectivity index (χ4n) is 4.09. The van der Waals surface area contributed by atoms with Gasteiger partial charge in [-0.3, -0.25) is 4.79 Å². The monoisotopic (exact) mass is 485 g/mol. The van der Waals surface area contributed by atoms with Gasteiger partial charge in [-0.1, -0.05) is 12.1 Å². The molecule has 0 spiro atoms. The van der Waals surface area contributed by atoms with Crippen LogP contribution in [0.5, 0.6) is 5.75 Å². The Morgan fingerprint density at radius 1 is 1.23 bits per heavy atom. The van der Waals surface area contributed by atoms with Crippen LogP contribution in [-0.2, 0) is 20.9 Å². The first-order valence-electron chi connectivity index (χ1n) is 10.4. The molecule has 7 heteroatoms. The maximum atomic E-state index is 12.9. The number of para-hydroxylation sites is 1. The maximum Gasteiger partial charge on any atom is 0.336 e. The molecule has 0 radical (unpaired) electrons. The molecule has 0 unspecified atom stereocenters. The molecule has 1 atom stereocenters. The molecule has 0 saturated heterocycles. The largest absolute Gasteiger partial charge is 0.484 e. The first-order valence-corrected chi connectivity index (χ1v) is 11.2. The molecule has 2 aliphatic rings. The molecule has 0 bridgehead atoms. The number of nitrogens with one attached hydrogen (secondary N) is 1. The smallest absolute Gasteiger partial charge is 0.336 e. The summed E-state index contributed by atoms with van der Waals surface area (Å²) in [6.45, 7) is 4.08. The first kappa shape index (κ1) is 21.4. The lowest BCUT2D eigenvalue weighted by molar-refractivity contribution is -0.138. The average molecular weight is 486 g/mol. The van der Waals surface area contributed by atoms with Crippen LogP contribution in [-0.4, -0.2) is 18.4 Å². The second-order valence-corrected chi connectivity index (χ2v) is 8.36. The van der Waals surface area contributed by atoms with Gasteiger partial charge in [0.05, 0.1) is 22.6 Å². The minimum absolute atomic E-state index is 0.0375. The average Bonchev–Trinajstić information content (AvgIpc) is 3.21. The Balaban J connectivity index is 1.66. The van der Waals surface area contributed by atoms with Crippen molar-refractivity contribution in [2.24, 2.45) is 0 Å². The number of ether oxygens (including phenoxy) is 2. The third-order valence-corrected chi connectivity index (χ3v) is 6.10. The molecule has 4 rings (SSSR count). The molecule has 0 amide bonds. The number of Topliss-reactive ketones (excluding diaryl/α,β-unsaturated/α-hetero) is 1. The minimum atomic E-state index is -0.583. The van der Waals surface area contributed by atoms with Gasteiger partial charge >= 0.3 is 5.97 Å². The molecule has 6 nitrogen and oxygen atoms in total. The van der Waals surface area contributed by atoms with Gasteiger partial charge < -0.3 is 19.2 Å². The van der Waals surface area contributed by atoms with Gasteiger partial charge in [-0.25, -0.2) is 4.79 Å². The van der Waals surface area contributed by atoms with Gasteiger partial charge in [0.25, 0.3) is 0 Å².